The van der Waals surface area contributed by atoms with Gasteiger partial charge in [-0.1, -0.05) is 6.07 Å². The molecule has 0 saturated carbocycles. The third-order valence-corrected chi connectivity index (χ3v) is 4.45. The molecule has 2 rings (SSSR count). The van der Waals surface area contributed by atoms with Crippen molar-refractivity contribution in [3.63, 3.8) is 0 Å². The van der Waals surface area contributed by atoms with Gasteiger partial charge in [-0.3, -0.25) is 9.78 Å². The number of piperazine rings is 1. The molecular formula is C17H26N4O2. The van der Waals surface area contributed by atoms with Crippen LogP contribution >= 0.6 is 0 Å². The Bertz CT molecular complexity index is 523. The van der Waals surface area contributed by atoms with Crippen molar-refractivity contribution in [3.8, 4) is 0 Å². The number of urea groups is 1. The monoisotopic (exact) mass is 318 g/mol. The summed E-state index contributed by atoms with van der Waals surface area (Å²) >= 11 is 0. The highest BCUT2D eigenvalue weighted by Gasteiger charge is 2.28. The first-order valence-corrected chi connectivity index (χ1v) is 8.31. The second-order valence-electron chi connectivity index (χ2n) is 5.78. The molecule has 2 heterocycles. The van der Waals surface area contributed by atoms with Crippen LogP contribution in [0.4, 0.5) is 4.79 Å². The smallest absolute Gasteiger partial charge is 0.320 e. The molecule has 0 spiro atoms. The lowest BCUT2D eigenvalue weighted by Crippen LogP contribution is -2.54. The number of amides is 3. The fraction of sp³-hybridized carbons (Fsp3) is 0.588. The number of pyridine rings is 1. The summed E-state index contributed by atoms with van der Waals surface area (Å²) in [6.45, 7) is 9.69. The van der Waals surface area contributed by atoms with E-state index in [1.54, 1.807) is 12.4 Å². The Morgan fingerprint density at radius 2 is 1.78 bits per heavy atom. The molecule has 1 saturated heterocycles. The van der Waals surface area contributed by atoms with Gasteiger partial charge in [0.15, 0.2) is 0 Å². The van der Waals surface area contributed by atoms with Gasteiger partial charge in [-0.05, 0) is 32.4 Å². The Kier molecular flexibility index (Phi) is 5.96. The van der Waals surface area contributed by atoms with Crippen LogP contribution in [0.2, 0.25) is 0 Å². The van der Waals surface area contributed by atoms with Gasteiger partial charge < -0.3 is 14.7 Å². The van der Waals surface area contributed by atoms with Crippen molar-refractivity contribution in [1.82, 2.24) is 19.7 Å². The van der Waals surface area contributed by atoms with E-state index in [2.05, 4.69) is 4.98 Å². The second-order valence-corrected chi connectivity index (χ2v) is 5.78. The minimum absolute atomic E-state index is 0.0717. The summed E-state index contributed by atoms with van der Waals surface area (Å²) in [4.78, 5) is 34.5. The van der Waals surface area contributed by atoms with Crippen molar-refractivity contribution in [2.75, 3.05) is 39.3 Å². The molecule has 1 aromatic heterocycles. The highest BCUT2D eigenvalue weighted by atomic mass is 16.2. The number of nitrogens with zero attached hydrogens (tertiary/aromatic N) is 4. The Morgan fingerprint density at radius 3 is 2.30 bits per heavy atom. The van der Waals surface area contributed by atoms with Crippen molar-refractivity contribution in [2.24, 2.45) is 0 Å². The first-order chi connectivity index (χ1) is 11.1. The highest BCUT2D eigenvalue weighted by molar-refractivity contribution is 5.83. The minimum Gasteiger partial charge on any atom is -0.339 e. The SMILES string of the molecule is CCN(CC)C(=O)N1CCN(C(=O)[C@H](C)c2cccnc2)CC1. The van der Waals surface area contributed by atoms with Crippen LogP contribution in [0.25, 0.3) is 0 Å². The molecule has 126 valence electrons. The van der Waals surface area contributed by atoms with Gasteiger partial charge in [0.1, 0.15) is 0 Å². The van der Waals surface area contributed by atoms with Crippen molar-refractivity contribution in [3.05, 3.63) is 30.1 Å². The van der Waals surface area contributed by atoms with Gasteiger partial charge in [-0.15, -0.1) is 0 Å². The normalized spacial score (nSPS) is 16.1. The van der Waals surface area contributed by atoms with Crippen LogP contribution in [0, 0.1) is 0 Å². The Labute approximate surface area is 138 Å². The lowest BCUT2D eigenvalue weighted by Gasteiger charge is -2.38. The fourth-order valence-electron chi connectivity index (χ4n) is 2.86. The molecule has 0 bridgehead atoms. The van der Waals surface area contributed by atoms with Crippen LogP contribution in [0.15, 0.2) is 24.5 Å². The quantitative estimate of drug-likeness (QED) is 0.850. The van der Waals surface area contributed by atoms with Crippen molar-refractivity contribution in [2.45, 2.75) is 26.7 Å². The number of hydrogen-bond donors (Lipinski definition) is 0. The molecule has 0 unspecified atom stereocenters. The van der Waals surface area contributed by atoms with Crippen LogP contribution in [0.1, 0.15) is 32.3 Å². The summed E-state index contributed by atoms with van der Waals surface area (Å²) in [5, 5.41) is 0. The highest BCUT2D eigenvalue weighted by Crippen LogP contribution is 2.18. The van der Waals surface area contributed by atoms with E-state index in [0.29, 0.717) is 39.3 Å². The molecule has 23 heavy (non-hydrogen) atoms. The molecule has 6 nitrogen and oxygen atoms in total. The number of rotatable bonds is 4. The zero-order valence-corrected chi connectivity index (χ0v) is 14.2. The maximum Gasteiger partial charge on any atom is 0.320 e. The van der Waals surface area contributed by atoms with E-state index in [1.807, 2.05) is 47.6 Å². The molecule has 0 aromatic carbocycles. The summed E-state index contributed by atoms with van der Waals surface area (Å²) in [5.41, 5.74) is 0.930. The molecule has 1 fully saturated rings. The number of carbonyl (C=O) groups is 2. The van der Waals surface area contributed by atoms with Gasteiger partial charge in [0.05, 0.1) is 5.92 Å². The maximum atomic E-state index is 12.6. The molecule has 0 N–H and O–H groups in total. The standard InChI is InChI=1S/C17H26N4O2/c1-4-19(5-2)17(23)21-11-9-20(10-12-21)16(22)14(3)15-7-6-8-18-13-15/h6-8,13-14H,4-5,9-12H2,1-3H3/t14-/m1/s1. The summed E-state index contributed by atoms with van der Waals surface area (Å²) in [5.74, 6) is -0.0957. The average Bonchev–Trinajstić information content (AvgIpc) is 2.62. The molecule has 6 heteroatoms. The lowest BCUT2D eigenvalue weighted by atomic mass is 10.0. The number of hydrogen-bond acceptors (Lipinski definition) is 3. The van der Waals surface area contributed by atoms with Gasteiger partial charge in [-0.2, -0.15) is 0 Å². The second kappa shape index (κ2) is 7.94. The predicted molar refractivity (Wildman–Crippen MR) is 89.1 cm³/mol. The van der Waals surface area contributed by atoms with Gasteiger partial charge in [0.2, 0.25) is 5.91 Å². The van der Waals surface area contributed by atoms with Gasteiger partial charge in [0.25, 0.3) is 0 Å². The van der Waals surface area contributed by atoms with E-state index in [0.717, 1.165) is 5.56 Å². The number of carbonyl (C=O) groups excluding carboxylic acids is 2. The van der Waals surface area contributed by atoms with Crippen molar-refractivity contribution >= 4 is 11.9 Å². The first-order valence-electron chi connectivity index (χ1n) is 8.31. The molecule has 0 radical (unpaired) electrons. The van der Waals surface area contributed by atoms with E-state index in [9.17, 15) is 9.59 Å². The maximum absolute atomic E-state index is 12.6. The zero-order valence-electron chi connectivity index (χ0n) is 14.2. The Hall–Kier alpha value is -2.11. The minimum atomic E-state index is -0.200. The van der Waals surface area contributed by atoms with Crippen LogP contribution in [0.3, 0.4) is 0 Å². The molecule has 1 aromatic rings. The zero-order chi connectivity index (χ0) is 16.8. The average molecular weight is 318 g/mol. The van der Waals surface area contributed by atoms with Gasteiger partial charge in [-0.25, -0.2) is 4.79 Å². The van der Waals surface area contributed by atoms with Crippen LogP contribution in [0.5, 0.6) is 0 Å². The molecule has 0 aliphatic carbocycles. The topological polar surface area (TPSA) is 56.8 Å². The first kappa shape index (κ1) is 17.2. The van der Waals surface area contributed by atoms with E-state index in [4.69, 9.17) is 0 Å². The lowest BCUT2D eigenvalue weighted by molar-refractivity contribution is -0.133. The molecule has 1 aliphatic rings. The Balaban J connectivity index is 1.91. The van der Waals surface area contributed by atoms with E-state index >= 15 is 0 Å². The number of aromatic nitrogens is 1. The van der Waals surface area contributed by atoms with Gasteiger partial charge in [0, 0.05) is 51.7 Å². The summed E-state index contributed by atoms with van der Waals surface area (Å²) < 4.78 is 0. The molecule has 1 atom stereocenters. The molecule has 3 amide bonds. The summed E-state index contributed by atoms with van der Waals surface area (Å²) in [7, 11) is 0. The van der Waals surface area contributed by atoms with E-state index in [1.165, 1.54) is 0 Å². The van der Waals surface area contributed by atoms with Crippen LogP contribution in [-0.2, 0) is 4.79 Å². The van der Waals surface area contributed by atoms with E-state index < -0.39 is 0 Å². The third kappa shape index (κ3) is 4.00. The fourth-order valence-corrected chi connectivity index (χ4v) is 2.86. The largest absolute Gasteiger partial charge is 0.339 e. The Morgan fingerprint density at radius 1 is 1.17 bits per heavy atom. The van der Waals surface area contributed by atoms with Gasteiger partial charge >= 0.3 is 6.03 Å². The molecule has 1 aliphatic heterocycles. The summed E-state index contributed by atoms with van der Waals surface area (Å²) in [6, 6.07) is 3.85. The molecular weight excluding hydrogens is 292 g/mol. The predicted octanol–water partition coefficient (Wildman–Crippen LogP) is 1.79. The van der Waals surface area contributed by atoms with Crippen molar-refractivity contribution in [1.29, 1.82) is 0 Å². The van der Waals surface area contributed by atoms with E-state index in [-0.39, 0.29) is 17.9 Å². The third-order valence-electron chi connectivity index (χ3n) is 4.45. The summed E-state index contributed by atoms with van der Waals surface area (Å²) in [6.07, 6.45) is 3.45. The van der Waals surface area contributed by atoms with Crippen molar-refractivity contribution < 1.29 is 9.59 Å². The van der Waals surface area contributed by atoms with Crippen LogP contribution in [-0.4, -0.2) is 70.9 Å². The van der Waals surface area contributed by atoms with Crippen LogP contribution < -0.4 is 0 Å².